The summed E-state index contributed by atoms with van der Waals surface area (Å²) >= 11 is 0. The third-order valence-electron chi connectivity index (χ3n) is 2.77. The van der Waals surface area contributed by atoms with Gasteiger partial charge in [-0.25, -0.2) is 0 Å². The van der Waals surface area contributed by atoms with Gasteiger partial charge in [0.1, 0.15) is 6.04 Å². The van der Waals surface area contributed by atoms with Gasteiger partial charge in [-0.05, 0) is 17.7 Å². The molecular weight excluding hydrogens is 258 g/mol. The number of methoxy groups -OCH3 is 1. The van der Waals surface area contributed by atoms with Gasteiger partial charge >= 0.3 is 6.61 Å². The Kier molecular flexibility index (Phi) is 4.16. The monoisotopic (exact) mass is 272 g/mol. The maximum Gasteiger partial charge on any atom is 0.387 e. The first-order chi connectivity index (χ1) is 9.11. The molecule has 0 aliphatic carbocycles. The van der Waals surface area contributed by atoms with E-state index in [2.05, 4.69) is 15.4 Å². The second kappa shape index (κ2) is 5.83. The summed E-state index contributed by atoms with van der Waals surface area (Å²) in [5, 5.41) is 5.71. The second-order valence-electron chi connectivity index (χ2n) is 3.97. The molecule has 7 heteroatoms. The number of alkyl halides is 2. The van der Waals surface area contributed by atoms with Crippen molar-refractivity contribution in [2.45, 2.75) is 12.7 Å². The third-order valence-corrected chi connectivity index (χ3v) is 2.77. The lowest BCUT2D eigenvalue weighted by Gasteiger charge is -2.24. The van der Waals surface area contributed by atoms with Gasteiger partial charge in [0.2, 0.25) is 5.91 Å². The smallest absolute Gasteiger partial charge is 0.387 e. The summed E-state index contributed by atoms with van der Waals surface area (Å²) in [5.41, 5.74) is 0.550. The highest BCUT2D eigenvalue weighted by Crippen LogP contribution is 2.31. The number of benzene rings is 1. The van der Waals surface area contributed by atoms with Crippen LogP contribution in [0.2, 0.25) is 0 Å². The molecule has 1 aromatic carbocycles. The van der Waals surface area contributed by atoms with Gasteiger partial charge in [-0.2, -0.15) is 8.78 Å². The first-order valence-corrected chi connectivity index (χ1v) is 5.75. The fourth-order valence-electron chi connectivity index (χ4n) is 1.93. The van der Waals surface area contributed by atoms with Crippen LogP contribution >= 0.6 is 0 Å². The van der Waals surface area contributed by atoms with E-state index in [9.17, 15) is 13.6 Å². The van der Waals surface area contributed by atoms with E-state index in [0.29, 0.717) is 18.7 Å². The van der Waals surface area contributed by atoms with Crippen molar-refractivity contribution in [3.63, 3.8) is 0 Å². The van der Waals surface area contributed by atoms with E-state index < -0.39 is 12.7 Å². The maximum absolute atomic E-state index is 12.3. The summed E-state index contributed by atoms with van der Waals surface area (Å²) in [4.78, 5) is 11.7. The average molecular weight is 272 g/mol. The summed E-state index contributed by atoms with van der Waals surface area (Å²) in [7, 11) is 1.36. The normalized spacial score (nSPS) is 19.2. The number of nitrogens with one attached hydrogen (secondary N) is 2. The summed E-state index contributed by atoms with van der Waals surface area (Å²) in [5.74, 6) is -0.0881. The minimum atomic E-state index is -2.95. The van der Waals surface area contributed by atoms with Crippen LogP contribution in [0.25, 0.3) is 0 Å². The molecule has 19 heavy (non-hydrogen) atoms. The van der Waals surface area contributed by atoms with Crippen LogP contribution in [0.15, 0.2) is 18.2 Å². The van der Waals surface area contributed by atoms with Crippen LogP contribution in [0.3, 0.4) is 0 Å². The van der Waals surface area contributed by atoms with Gasteiger partial charge in [0, 0.05) is 13.1 Å². The van der Waals surface area contributed by atoms with E-state index in [1.54, 1.807) is 6.07 Å². The number of carbonyl (C=O) groups excluding carboxylic acids is 1. The lowest BCUT2D eigenvalue weighted by molar-refractivity contribution is -0.124. The zero-order valence-corrected chi connectivity index (χ0v) is 10.3. The van der Waals surface area contributed by atoms with Crippen LogP contribution < -0.4 is 20.1 Å². The Balaban J connectivity index is 2.28. The Morgan fingerprint density at radius 3 is 2.74 bits per heavy atom. The quantitative estimate of drug-likeness (QED) is 0.860. The van der Waals surface area contributed by atoms with E-state index in [0.717, 1.165) is 0 Å². The van der Waals surface area contributed by atoms with Gasteiger partial charge < -0.3 is 20.1 Å². The number of hydrogen-bond acceptors (Lipinski definition) is 4. The predicted molar refractivity (Wildman–Crippen MR) is 63.4 cm³/mol. The van der Waals surface area contributed by atoms with E-state index >= 15 is 0 Å². The average Bonchev–Trinajstić information content (AvgIpc) is 2.38. The van der Waals surface area contributed by atoms with Gasteiger partial charge in [-0.15, -0.1) is 0 Å². The molecule has 2 N–H and O–H groups in total. The third kappa shape index (κ3) is 3.11. The maximum atomic E-state index is 12.3. The fourth-order valence-corrected chi connectivity index (χ4v) is 1.93. The lowest BCUT2D eigenvalue weighted by Crippen LogP contribution is -2.47. The summed E-state index contributed by atoms with van der Waals surface area (Å²) < 4.78 is 34.0. The summed E-state index contributed by atoms with van der Waals surface area (Å²) in [6.07, 6.45) is 0. The molecule has 0 radical (unpaired) electrons. The Morgan fingerprint density at radius 1 is 1.32 bits per heavy atom. The highest BCUT2D eigenvalue weighted by molar-refractivity contribution is 5.84. The Morgan fingerprint density at radius 2 is 2.11 bits per heavy atom. The van der Waals surface area contributed by atoms with Gasteiger partial charge in [0.25, 0.3) is 0 Å². The van der Waals surface area contributed by atoms with E-state index in [4.69, 9.17) is 4.74 Å². The van der Waals surface area contributed by atoms with Crippen molar-refractivity contribution in [3.05, 3.63) is 23.8 Å². The first kappa shape index (κ1) is 13.5. The minimum Gasteiger partial charge on any atom is -0.493 e. The lowest BCUT2D eigenvalue weighted by atomic mass is 10.0. The van der Waals surface area contributed by atoms with Gasteiger partial charge in [-0.3, -0.25) is 4.79 Å². The highest BCUT2D eigenvalue weighted by Gasteiger charge is 2.24. The molecular formula is C12H14F2N2O3. The zero-order valence-electron chi connectivity index (χ0n) is 10.3. The van der Waals surface area contributed by atoms with Crippen LogP contribution in [0.4, 0.5) is 8.78 Å². The Labute approximate surface area is 108 Å². The van der Waals surface area contributed by atoms with Crippen molar-refractivity contribution < 1.29 is 23.0 Å². The number of ether oxygens (including phenoxy) is 2. The molecule has 1 amide bonds. The molecule has 0 bridgehead atoms. The number of piperazine rings is 1. The van der Waals surface area contributed by atoms with Crippen LogP contribution in [-0.2, 0) is 4.79 Å². The minimum absolute atomic E-state index is 0.0878. The molecule has 1 aliphatic heterocycles. The number of hydrogen-bond donors (Lipinski definition) is 2. The molecule has 1 atom stereocenters. The molecule has 5 nitrogen and oxygen atoms in total. The van der Waals surface area contributed by atoms with Crippen LogP contribution in [0.5, 0.6) is 11.5 Å². The Hall–Kier alpha value is -1.89. The van der Waals surface area contributed by atoms with E-state index in [1.807, 2.05) is 0 Å². The van der Waals surface area contributed by atoms with E-state index in [-0.39, 0.29) is 17.4 Å². The molecule has 1 heterocycles. The van der Waals surface area contributed by atoms with Crippen molar-refractivity contribution in [1.82, 2.24) is 10.6 Å². The summed E-state index contributed by atoms with van der Waals surface area (Å²) in [6, 6.07) is 3.95. The fraction of sp³-hybridized carbons (Fsp3) is 0.417. The Bertz CT molecular complexity index is 468. The van der Waals surface area contributed by atoms with Crippen LogP contribution in [-0.4, -0.2) is 32.7 Å². The molecule has 1 unspecified atom stereocenters. The molecule has 0 saturated carbocycles. The second-order valence-corrected chi connectivity index (χ2v) is 3.97. The van der Waals surface area contributed by atoms with Crippen molar-refractivity contribution in [2.75, 3.05) is 20.2 Å². The molecule has 1 fully saturated rings. The molecule has 0 aromatic heterocycles. The van der Waals surface area contributed by atoms with Gasteiger partial charge in [0.15, 0.2) is 11.5 Å². The number of halogens is 2. The highest BCUT2D eigenvalue weighted by atomic mass is 19.3. The SMILES string of the molecule is COc1ccc(C2NCCNC2=O)cc1OC(F)F. The summed E-state index contributed by atoms with van der Waals surface area (Å²) in [6.45, 7) is -1.78. The molecule has 1 aromatic rings. The van der Waals surface area contributed by atoms with Crippen molar-refractivity contribution >= 4 is 5.91 Å². The molecule has 0 spiro atoms. The van der Waals surface area contributed by atoms with Gasteiger partial charge in [-0.1, -0.05) is 6.07 Å². The number of carbonyl (C=O) groups is 1. The molecule has 1 saturated heterocycles. The first-order valence-electron chi connectivity index (χ1n) is 5.75. The molecule has 104 valence electrons. The largest absolute Gasteiger partial charge is 0.493 e. The van der Waals surface area contributed by atoms with Gasteiger partial charge in [0.05, 0.1) is 7.11 Å². The zero-order chi connectivity index (χ0) is 13.8. The van der Waals surface area contributed by atoms with Crippen LogP contribution in [0.1, 0.15) is 11.6 Å². The predicted octanol–water partition coefficient (Wildman–Crippen LogP) is 1.06. The standard InChI is InChI=1S/C12H14F2N2O3/c1-18-8-3-2-7(6-9(8)19-12(13)14)10-11(17)16-5-4-15-10/h2-3,6,10,12,15H,4-5H2,1H3,(H,16,17). The molecule has 1 aliphatic rings. The van der Waals surface area contributed by atoms with Crippen LogP contribution in [0, 0.1) is 0 Å². The molecule has 2 rings (SSSR count). The van der Waals surface area contributed by atoms with Crippen molar-refractivity contribution in [2.24, 2.45) is 0 Å². The van der Waals surface area contributed by atoms with Crippen molar-refractivity contribution in [1.29, 1.82) is 0 Å². The van der Waals surface area contributed by atoms with Crippen molar-refractivity contribution in [3.8, 4) is 11.5 Å². The number of rotatable bonds is 4. The van der Waals surface area contributed by atoms with E-state index in [1.165, 1.54) is 19.2 Å². The number of amides is 1. The topological polar surface area (TPSA) is 59.6 Å².